The van der Waals surface area contributed by atoms with Crippen LogP contribution in [-0.4, -0.2) is 4.92 Å². The van der Waals surface area contributed by atoms with Gasteiger partial charge in [-0.1, -0.05) is 23.2 Å². The minimum atomic E-state index is -0.554. The van der Waals surface area contributed by atoms with Crippen molar-refractivity contribution in [1.82, 2.24) is 0 Å². The largest absolute Gasteiger partial charge is 0.259 e. The molecule has 0 aliphatic rings. The maximum atomic E-state index is 9.94. The van der Waals surface area contributed by atoms with Crippen molar-refractivity contribution in [3.05, 3.63) is 36.6 Å². The summed E-state index contributed by atoms with van der Waals surface area (Å²) in [6.45, 7) is 0. The molecule has 0 bridgehead atoms. The van der Waals surface area contributed by atoms with E-state index in [1.807, 2.05) is 0 Å². The van der Waals surface area contributed by atoms with Crippen molar-refractivity contribution < 1.29 is 4.92 Å². The van der Waals surface area contributed by atoms with Crippen molar-refractivity contribution in [2.45, 2.75) is 0 Å². The molecule has 0 aliphatic heterocycles. The van der Waals surface area contributed by atoms with Crippen LogP contribution in [0.1, 0.15) is 5.56 Å². The van der Waals surface area contributed by atoms with E-state index < -0.39 is 4.92 Å². The lowest BCUT2D eigenvalue weighted by Crippen LogP contribution is -1.81. The standard InChI is InChI=1S/C6H3Cl2NO2S/c7-5-3-4(6(8)12-5)1-2-9(10)11/h1-3H/b2-1+. The Hall–Kier alpha value is -0.580. The predicted molar refractivity (Wildman–Crippen MR) is 50.4 cm³/mol. The van der Waals surface area contributed by atoms with Crippen LogP contribution in [0.15, 0.2) is 12.3 Å². The maximum Gasteiger partial charge on any atom is 0.235 e. The Morgan fingerprint density at radius 1 is 1.58 bits per heavy atom. The second-order valence-electron chi connectivity index (χ2n) is 1.88. The van der Waals surface area contributed by atoms with Gasteiger partial charge < -0.3 is 0 Å². The molecule has 0 atom stereocenters. The van der Waals surface area contributed by atoms with Crippen molar-refractivity contribution in [3.8, 4) is 0 Å². The molecule has 0 amide bonds. The molecule has 0 aliphatic carbocycles. The second kappa shape index (κ2) is 3.89. The molecule has 1 aromatic heterocycles. The minimum Gasteiger partial charge on any atom is -0.259 e. The molecule has 0 aromatic carbocycles. The molecule has 1 heterocycles. The Bertz CT molecular complexity index is 334. The van der Waals surface area contributed by atoms with Crippen molar-refractivity contribution in [3.63, 3.8) is 0 Å². The van der Waals surface area contributed by atoms with E-state index in [1.54, 1.807) is 6.07 Å². The summed E-state index contributed by atoms with van der Waals surface area (Å²) in [5.74, 6) is 0. The predicted octanol–water partition coefficient (Wildman–Crippen LogP) is 3.30. The molecule has 3 nitrogen and oxygen atoms in total. The van der Waals surface area contributed by atoms with Crippen molar-refractivity contribution in [2.75, 3.05) is 0 Å². The Kier molecular flexibility index (Phi) is 3.08. The van der Waals surface area contributed by atoms with Gasteiger partial charge in [0.25, 0.3) is 0 Å². The molecule has 0 saturated heterocycles. The molecular formula is C6H3Cl2NO2S. The topological polar surface area (TPSA) is 43.1 Å². The molecule has 0 saturated carbocycles. The number of nitrogens with zero attached hydrogens (tertiary/aromatic N) is 1. The first-order valence-electron chi connectivity index (χ1n) is 2.86. The number of hydrogen-bond donors (Lipinski definition) is 0. The molecule has 64 valence electrons. The van der Waals surface area contributed by atoms with Gasteiger partial charge in [0.05, 0.1) is 9.26 Å². The molecule has 0 unspecified atom stereocenters. The number of hydrogen-bond acceptors (Lipinski definition) is 3. The summed E-state index contributed by atoms with van der Waals surface area (Å²) >= 11 is 12.5. The number of halogens is 2. The molecule has 1 rings (SSSR count). The summed E-state index contributed by atoms with van der Waals surface area (Å²) in [6, 6.07) is 1.58. The summed E-state index contributed by atoms with van der Waals surface area (Å²) in [7, 11) is 0. The Morgan fingerprint density at radius 3 is 2.67 bits per heavy atom. The van der Waals surface area contributed by atoms with Crippen LogP contribution in [0.2, 0.25) is 8.67 Å². The number of thiophene rings is 1. The lowest BCUT2D eigenvalue weighted by molar-refractivity contribution is -0.400. The molecule has 0 radical (unpaired) electrons. The van der Waals surface area contributed by atoms with Crippen LogP contribution in [0, 0.1) is 10.1 Å². The molecule has 1 aromatic rings. The zero-order valence-electron chi connectivity index (χ0n) is 5.66. The first-order chi connectivity index (χ1) is 5.59. The third-order valence-electron chi connectivity index (χ3n) is 1.06. The average molecular weight is 224 g/mol. The van der Waals surface area contributed by atoms with Gasteiger partial charge in [-0.15, -0.1) is 11.3 Å². The van der Waals surface area contributed by atoms with Crippen LogP contribution in [0.4, 0.5) is 0 Å². The first kappa shape index (κ1) is 9.51. The van der Waals surface area contributed by atoms with Crippen molar-refractivity contribution in [2.24, 2.45) is 0 Å². The van der Waals surface area contributed by atoms with Crippen LogP contribution in [0.25, 0.3) is 6.08 Å². The summed E-state index contributed by atoms with van der Waals surface area (Å²) in [4.78, 5) is 9.38. The van der Waals surface area contributed by atoms with E-state index in [-0.39, 0.29) is 0 Å². The minimum absolute atomic E-state index is 0.457. The molecule has 0 N–H and O–H groups in total. The Labute approximate surface area is 82.4 Å². The highest BCUT2D eigenvalue weighted by atomic mass is 35.5. The van der Waals surface area contributed by atoms with E-state index in [0.717, 1.165) is 6.20 Å². The van der Waals surface area contributed by atoms with Gasteiger partial charge in [0.15, 0.2) is 0 Å². The molecule has 0 spiro atoms. The van der Waals surface area contributed by atoms with E-state index in [4.69, 9.17) is 23.2 Å². The zero-order chi connectivity index (χ0) is 9.14. The second-order valence-corrected chi connectivity index (χ2v) is 4.17. The third-order valence-corrected chi connectivity index (χ3v) is 2.58. The van der Waals surface area contributed by atoms with E-state index >= 15 is 0 Å². The molecule has 0 fully saturated rings. The lowest BCUT2D eigenvalue weighted by atomic mass is 10.3. The molecular weight excluding hydrogens is 221 g/mol. The van der Waals surface area contributed by atoms with E-state index in [0.29, 0.717) is 14.2 Å². The molecule has 12 heavy (non-hydrogen) atoms. The summed E-state index contributed by atoms with van der Waals surface area (Å²) < 4.78 is 0.973. The van der Waals surface area contributed by atoms with Gasteiger partial charge in [0, 0.05) is 11.6 Å². The van der Waals surface area contributed by atoms with Crippen LogP contribution >= 0.6 is 34.5 Å². The normalized spacial score (nSPS) is 10.8. The van der Waals surface area contributed by atoms with Gasteiger partial charge >= 0.3 is 0 Å². The monoisotopic (exact) mass is 223 g/mol. The highest BCUT2D eigenvalue weighted by molar-refractivity contribution is 7.20. The first-order valence-corrected chi connectivity index (χ1v) is 4.43. The third kappa shape index (κ3) is 2.48. The van der Waals surface area contributed by atoms with E-state index in [2.05, 4.69) is 0 Å². The number of rotatable bonds is 2. The van der Waals surface area contributed by atoms with Crippen molar-refractivity contribution in [1.29, 1.82) is 0 Å². The van der Waals surface area contributed by atoms with Gasteiger partial charge in [-0.3, -0.25) is 10.1 Å². The highest BCUT2D eigenvalue weighted by Gasteiger charge is 2.03. The van der Waals surface area contributed by atoms with Gasteiger partial charge in [0.2, 0.25) is 6.20 Å². The fourth-order valence-electron chi connectivity index (χ4n) is 0.608. The van der Waals surface area contributed by atoms with Crippen molar-refractivity contribution >= 4 is 40.6 Å². The smallest absolute Gasteiger partial charge is 0.235 e. The van der Waals surface area contributed by atoms with Gasteiger partial charge in [-0.2, -0.15) is 0 Å². The Morgan fingerprint density at radius 2 is 2.25 bits per heavy atom. The Balaban J connectivity index is 2.89. The fraction of sp³-hybridized carbons (Fsp3) is 0. The van der Waals surface area contributed by atoms with Crippen LogP contribution in [-0.2, 0) is 0 Å². The quantitative estimate of drug-likeness (QED) is 0.571. The van der Waals surface area contributed by atoms with Gasteiger partial charge in [0.1, 0.15) is 4.34 Å². The lowest BCUT2D eigenvalue weighted by Gasteiger charge is -1.82. The van der Waals surface area contributed by atoms with Crippen LogP contribution < -0.4 is 0 Å². The van der Waals surface area contributed by atoms with Gasteiger partial charge in [-0.25, -0.2) is 0 Å². The number of nitro groups is 1. The fourth-order valence-corrected chi connectivity index (χ4v) is 2.04. The van der Waals surface area contributed by atoms with E-state index in [1.165, 1.54) is 17.4 Å². The van der Waals surface area contributed by atoms with Gasteiger partial charge in [-0.05, 0) is 6.07 Å². The maximum absolute atomic E-state index is 9.94. The van der Waals surface area contributed by atoms with Crippen LogP contribution in [0.3, 0.4) is 0 Å². The summed E-state index contributed by atoms with van der Waals surface area (Å²) in [5, 5.41) is 9.94. The zero-order valence-corrected chi connectivity index (χ0v) is 7.99. The summed E-state index contributed by atoms with van der Waals surface area (Å²) in [5.41, 5.74) is 0.573. The van der Waals surface area contributed by atoms with E-state index in [9.17, 15) is 10.1 Å². The SMILES string of the molecule is O=[N+]([O-])/C=C/c1cc(Cl)sc1Cl. The molecule has 6 heteroatoms. The highest BCUT2D eigenvalue weighted by Crippen LogP contribution is 2.31. The average Bonchev–Trinajstić information content (AvgIpc) is 2.26. The van der Waals surface area contributed by atoms with Crippen LogP contribution in [0.5, 0.6) is 0 Å². The summed E-state index contributed by atoms with van der Waals surface area (Å²) in [6.07, 6.45) is 2.13.